The zero-order valence-corrected chi connectivity index (χ0v) is 19.6. The van der Waals surface area contributed by atoms with Gasteiger partial charge in [0.2, 0.25) is 11.8 Å². The van der Waals surface area contributed by atoms with Gasteiger partial charge < -0.3 is 14.8 Å². The smallest absolute Gasteiger partial charge is 0.336 e. The van der Waals surface area contributed by atoms with Crippen LogP contribution >= 0.6 is 0 Å². The third kappa shape index (κ3) is 5.41. The van der Waals surface area contributed by atoms with Gasteiger partial charge in [0.15, 0.2) is 0 Å². The minimum atomic E-state index is -0.971. The summed E-state index contributed by atoms with van der Waals surface area (Å²) in [6, 6.07) is 25.3. The predicted octanol–water partition coefficient (Wildman–Crippen LogP) is 5.31. The second-order valence-electron chi connectivity index (χ2n) is 7.97. The lowest BCUT2D eigenvalue weighted by molar-refractivity contribution is -0.141. The summed E-state index contributed by atoms with van der Waals surface area (Å²) in [6.45, 7) is 3.52. The molecule has 3 aromatic rings. The van der Waals surface area contributed by atoms with Gasteiger partial charge in [0.25, 0.3) is 0 Å². The average molecular weight is 471 g/mol. The van der Waals surface area contributed by atoms with Crippen LogP contribution in [0.15, 0.2) is 96.2 Å². The Morgan fingerprint density at radius 3 is 2.14 bits per heavy atom. The summed E-state index contributed by atoms with van der Waals surface area (Å²) in [5, 5.41) is 2.82. The van der Waals surface area contributed by atoms with Gasteiger partial charge in [-0.05, 0) is 62.4 Å². The van der Waals surface area contributed by atoms with Gasteiger partial charge in [0, 0.05) is 23.5 Å². The van der Waals surface area contributed by atoms with E-state index in [2.05, 4.69) is 5.32 Å². The number of rotatable bonds is 7. The first-order valence-electron chi connectivity index (χ1n) is 11.4. The third-order valence-corrected chi connectivity index (χ3v) is 5.63. The van der Waals surface area contributed by atoms with Crippen LogP contribution in [0.1, 0.15) is 20.3 Å². The van der Waals surface area contributed by atoms with Gasteiger partial charge in [-0.1, -0.05) is 36.4 Å². The number of nitrogens with zero attached hydrogens (tertiary/aromatic N) is 1. The number of hydrogen-bond acceptors (Lipinski definition) is 5. The maximum absolute atomic E-state index is 13.2. The molecule has 3 aromatic carbocycles. The maximum atomic E-state index is 13.2. The monoisotopic (exact) mass is 470 g/mol. The molecule has 35 heavy (non-hydrogen) atoms. The van der Waals surface area contributed by atoms with Gasteiger partial charge in [-0.25, -0.2) is 4.79 Å². The molecular formula is C28H26N2O5. The van der Waals surface area contributed by atoms with Crippen LogP contribution in [0.3, 0.4) is 0 Å². The van der Waals surface area contributed by atoms with Gasteiger partial charge in [-0.3, -0.25) is 14.5 Å². The van der Waals surface area contributed by atoms with E-state index in [4.69, 9.17) is 9.47 Å². The van der Waals surface area contributed by atoms with Crippen molar-refractivity contribution in [3.63, 3.8) is 0 Å². The predicted molar refractivity (Wildman–Crippen MR) is 133 cm³/mol. The molecule has 7 heteroatoms. The second kappa shape index (κ2) is 10.7. The molecule has 0 unspecified atom stereocenters. The minimum absolute atomic E-state index is 0.151. The van der Waals surface area contributed by atoms with Crippen LogP contribution in [-0.2, 0) is 19.1 Å². The molecule has 1 N–H and O–H groups in total. The molecule has 0 aromatic heterocycles. The Hall–Kier alpha value is -4.39. The van der Waals surface area contributed by atoms with E-state index in [9.17, 15) is 14.4 Å². The fraction of sp³-hybridized carbons (Fsp3) is 0.179. The topological polar surface area (TPSA) is 84.9 Å². The maximum Gasteiger partial charge on any atom is 0.336 e. The molecule has 0 spiro atoms. The number of carbonyl (C=O) groups is 3. The molecule has 0 radical (unpaired) electrons. The fourth-order valence-corrected chi connectivity index (χ4v) is 4.03. The Kier molecular flexibility index (Phi) is 7.26. The molecule has 0 saturated carbocycles. The van der Waals surface area contributed by atoms with Gasteiger partial charge in [-0.2, -0.15) is 0 Å². The molecular weight excluding hydrogens is 444 g/mol. The van der Waals surface area contributed by atoms with Crippen molar-refractivity contribution in [1.82, 2.24) is 0 Å². The van der Waals surface area contributed by atoms with Crippen LogP contribution in [-0.4, -0.2) is 24.4 Å². The van der Waals surface area contributed by atoms with Crippen molar-refractivity contribution in [3.05, 3.63) is 96.2 Å². The number of nitrogens with one attached hydrogen (secondary N) is 1. The van der Waals surface area contributed by atoms with Crippen molar-refractivity contribution in [3.8, 4) is 11.5 Å². The highest BCUT2D eigenvalue weighted by Gasteiger charge is 2.40. The highest BCUT2D eigenvalue weighted by atomic mass is 16.5. The van der Waals surface area contributed by atoms with Crippen molar-refractivity contribution >= 4 is 29.2 Å². The molecule has 1 aliphatic rings. The Labute approximate surface area is 204 Å². The number of esters is 1. The van der Waals surface area contributed by atoms with Crippen LogP contribution in [0.4, 0.5) is 11.4 Å². The largest absolute Gasteiger partial charge is 0.463 e. The number of carbonyl (C=O) groups excluding carboxylic acids is 3. The van der Waals surface area contributed by atoms with Gasteiger partial charge in [0.05, 0.1) is 18.1 Å². The number of anilines is 2. The Morgan fingerprint density at radius 2 is 1.51 bits per heavy atom. The van der Waals surface area contributed by atoms with Crippen molar-refractivity contribution in [1.29, 1.82) is 0 Å². The summed E-state index contributed by atoms with van der Waals surface area (Å²) in [5.74, 6) is -0.984. The number of ether oxygens (including phenoxy) is 2. The Bertz CT molecular complexity index is 1240. The first kappa shape index (κ1) is 23.8. The number of para-hydroxylation sites is 2. The van der Waals surface area contributed by atoms with E-state index < -0.39 is 17.8 Å². The summed E-state index contributed by atoms with van der Waals surface area (Å²) in [6.07, 6.45) is -0.151. The molecule has 0 fully saturated rings. The van der Waals surface area contributed by atoms with E-state index >= 15 is 0 Å². The lowest BCUT2D eigenvalue weighted by Crippen LogP contribution is -2.43. The van der Waals surface area contributed by atoms with E-state index in [1.54, 1.807) is 50.2 Å². The van der Waals surface area contributed by atoms with Crippen molar-refractivity contribution in [2.45, 2.75) is 20.3 Å². The van der Waals surface area contributed by atoms with E-state index in [1.807, 2.05) is 48.5 Å². The minimum Gasteiger partial charge on any atom is -0.463 e. The zero-order chi connectivity index (χ0) is 24.8. The van der Waals surface area contributed by atoms with Crippen LogP contribution in [0.25, 0.3) is 0 Å². The SMILES string of the molecule is CCOC(=O)C1=C(C)N(c2ccccc2)C(=O)C[C@@H]1C(=O)Nc1ccc(Oc2ccccc2)cc1. The summed E-state index contributed by atoms with van der Waals surface area (Å²) >= 11 is 0. The quantitative estimate of drug-likeness (QED) is 0.473. The van der Waals surface area contributed by atoms with E-state index in [-0.39, 0.29) is 24.5 Å². The molecule has 0 aliphatic carbocycles. The van der Waals surface area contributed by atoms with Gasteiger partial charge in [-0.15, -0.1) is 0 Å². The molecule has 7 nitrogen and oxygen atoms in total. The second-order valence-corrected chi connectivity index (χ2v) is 7.97. The zero-order valence-electron chi connectivity index (χ0n) is 19.6. The number of hydrogen-bond donors (Lipinski definition) is 1. The number of benzene rings is 3. The van der Waals surface area contributed by atoms with Gasteiger partial charge in [0.1, 0.15) is 11.5 Å². The fourth-order valence-electron chi connectivity index (χ4n) is 4.03. The third-order valence-electron chi connectivity index (χ3n) is 5.63. The number of amides is 2. The first-order chi connectivity index (χ1) is 17.0. The summed E-state index contributed by atoms with van der Waals surface area (Å²) in [4.78, 5) is 40.6. The summed E-state index contributed by atoms with van der Waals surface area (Å²) < 4.78 is 11.0. The molecule has 4 rings (SSSR count). The highest BCUT2D eigenvalue weighted by Crippen LogP contribution is 2.34. The van der Waals surface area contributed by atoms with E-state index in [0.717, 1.165) is 0 Å². The van der Waals surface area contributed by atoms with Crippen molar-refractivity contribution in [2.75, 3.05) is 16.8 Å². The molecule has 1 heterocycles. The molecule has 1 atom stereocenters. The Balaban J connectivity index is 1.56. The highest BCUT2D eigenvalue weighted by molar-refractivity contribution is 6.10. The molecule has 0 bridgehead atoms. The van der Waals surface area contributed by atoms with Crippen LogP contribution in [0.5, 0.6) is 11.5 Å². The lowest BCUT2D eigenvalue weighted by Gasteiger charge is -2.33. The van der Waals surface area contributed by atoms with Crippen molar-refractivity contribution < 1.29 is 23.9 Å². The van der Waals surface area contributed by atoms with E-state index in [0.29, 0.717) is 28.6 Å². The van der Waals surface area contributed by atoms with Crippen LogP contribution in [0.2, 0.25) is 0 Å². The average Bonchev–Trinajstić information content (AvgIpc) is 2.86. The summed E-state index contributed by atoms with van der Waals surface area (Å²) in [7, 11) is 0. The number of allylic oxidation sites excluding steroid dienone is 1. The molecule has 0 saturated heterocycles. The standard InChI is InChI=1S/C28H26N2O5/c1-3-34-28(33)26-19(2)30(21-10-6-4-7-11-21)25(31)18-24(26)27(32)29-20-14-16-23(17-15-20)35-22-12-8-5-9-13-22/h4-17,24H,3,18H2,1-2H3,(H,29,32)/t24-/m0/s1. The normalized spacial score (nSPS) is 15.5. The molecule has 1 aliphatic heterocycles. The van der Waals surface area contributed by atoms with Crippen molar-refractivity contribution in [2.24, 2.45) is 5.92 Å². The van der Waals surface area contributed by atoms with Crippen LogP contribution in [0, 0.1) is 5.92 Å². The Morgan fingerprint density at radius 1 is 0.914 bits per heavy atom. The molecule has 2 amide bonds. The summed E-state index contributed by atoms with van der Waals surface area (Å²) in [5.41, 5.74) is 1.72. The van der Waals surface area contributed by atoms with Gasteiger partial charge >= 0.3 is 5.97 Å². The molecule has 178 valence electrons. The van der Waals surface area contributed by atoms with Crippen LogP contribution < -0.4 is 15.0 Å². The lowest BCUT2D eigenvalue weighted by atomic mass is 9.88. The van der Waals surface area contributed by atoms with E-state index in [1.165, 1.54) is 4.90 Å². The first-order valence-corrected chi connectivity index (χ1v) is 11.4.